The molecular formula is C26H34N2O2. The van der Waals surface area contributed by atoms with Crippen LogP contribution in [0.2, 0.25) is 0 Å². The highest BCUT2D eigenvalue weighted by atomic mass is 16.3. The molecule has 2 atom stereocenters. The molecule has 0 unspecified atom stereocenters. The van der Waals surface area contributed by atoms with Gasteiger partial charge in [0.05, 0.1) is 6.10 Å². The molecule has 2 heterocycles. The number of carbonyl (C=O) groups excluding carboxylic acids is 1. The molecule has 2 fully saturated rings. The molecule has 0 aliphatic carbocycles. The van der Waals surface area contributed by atoms with Crippen LogP contribution >= 0.6 is 0 Å². The lowest BCUT2D eigenvalue weighted by Crippen LogP contribution is -2.54. The van der Waals surface area contributed by atoms with E-state index in [9.17, 15) is 9.90 Å². The summed E-state index contributed by atoms with van der Waals surface area (Å²) in [6.07, 6.45) is 4.49. The first kappa shape index (κ1) is 21.1. The van der Waals surface area contributed by atoms with Crippen molar-refractivity contribution in [3.63, 3.8) is 0 Å². The Hall–Kier alpha value is -2.17. The van der Waals surface area contributed by atoms with Gasteiger partial charge < -0.3 is 14.9 Å². The zero-order valence-corrected chi connectivity index (χ0v) is 18.3. The Bertz CT molecular complexity index is 838. The first-order valence-electron chi connectivity index (χ1n) is 11.3. The average Bonchev–Trinajstić information content (AvgIpc) is 2.74. The van der Waals surface area contributed by atoms with E-state index in [2.05, 4.69) is 54.0 Å². The number of rotatable bonds is 4. The maximum Gasteiger partial charge on any atom is 0.254 e. The maximum absolute atomic E-state index is 13.5. The van der Waals surface area contributed by atoms with E-state index >= 15 is 0 Å². The summed E-state index contributed by atoms with van der Waals surface area (Å²) in [5, 5.41) is 9.88. The summed E-state index contributed by atoms with van der Waals surface area (Å²) in [6.45, 7) is 6.85. The van der Waals surface area contributed by atoms with Crippen LogP contribution in [-0.4, -0.2) is 58.6 Å². The maximum atomic E-state index is 13.5. The number of likely N-dealkylation sites (tertiary alicyclic amines) is 2. The number of aliphatic hydroxyl groups excluding tert-OH is 1. The van der Waals surface area contributed by atoms with Crippen molar-refractivity contribution in [2.75, 3.05) is 19.6 Å². The van der Waals surface area contributed by atoms with Gasteiger partial charge in [-0.05, 0) is 63.6 Å². The van der Waals surface area contributed by atoms with Crippen molar-refractivity contribution in [1.29, 1.82) is 0 Å². The number of hydrogen-bond acceptors (Lipinski definition) is 3. The van der Waals surface area contributed by atoms with Crippen LogP contribution in [-0.2, 0) is 6.42 Å². The summed E-state index contributed by atoms with van der Waals surface area (Å²) >= 11 is 0. The number of amides is 1. The molecule has 0 saturated carbocycles. The van der Waals surface area contributed by atoms with E-state index in [4.69, 9.17) is 0 Å². The number of carbonyl (C=O) groups is 1. The van der Waals surface area contributed by atoms with Gasteiger partial charge in [0.1, 0.15) is 0 Å². The van der Waals surface area contributed by atoms with Gasteiger partial charge in [0.2, 0.25) is 0 Å². The van der Waals surface area contributed by atoms with Gasteiger partial charge in [-0.25, -0.2) is 0 Å². The van der Waals surface area contributed by atoms with Crippen LogP contribution in [0.5, 0.6) is 0 Å². The Morgan fingerprint density at radius 1 is 0.967 bits per heavy atom. The minimum atomic E-state index is -0.146. The molecule has 0 radical (unpaired) electrons. The second kappa shape index (κ2) is 9.32. The zero-order chi connectivity index (χ0) is 21.1. The first-order valence-corrected chi connectivity index (χ1v) is 11.3. The second-order valence-electron chi connectivity index (χ2n) is 9.16. The first-order chi connectivity index (χ1) is 14.5. The van der Waals surface area contributed by atoms with Crippen molar-refractivity contribution >= 4 is 5.91 Å². The van der Waals surface area contributed by atoms with E-state index in [1.807, 2.05) is 18.2 Å². The van der Waals surface area contributed by atoms with E-state index in [-0.39, 0.29) is 18.1 Å². The zero-order valence-electron chi connectivity index (χ0n) is 18.3. The lowest BCUT2D eigenvalue weighted by molar-refractivity contribution is 0.0204. The molecule has 2 aliphatic rings. The molecule has 4 rings (SSSR count). The summed E-state index contributed by atoms with van der Waals surface area (Å²) in [7, 11) is 0. The Labute approximate surface area is 180 Å². The third kappa shape index (κ3) is 4.93. The number of hydrogen-bond donors (Lipinski definition) is 1. The molecule has 2 aromatic rings. The average molecular weight is 407 g/mol. The standard InChI is InChI=1S/C26H34N2O2/c1-19-14-20(2)16-22(15-19)26(30)28-13-8-23(27-11-9-25(29)10-12-27)18-24(28)17-21-6-4-3-5-7-21/h3-7,14-16,23-25,29H,8-13,17-18H2,1-2H3/t23-,24-/m1/s1. The van der Waals surface area contributed by atoms with Crippen LogP contribution < -0.4 is 0 Å². The van der Waals surface area contributed by atoms with Crippen LogP contribution in [0.1, 0.15) is 52.7 Å². The van der Waals surface area contributed by atoms with E-state index < -0.39 is 0 Å². The molecule has 4 nitrogen and oxygen atoms in total. The smallest absolute Gasteiger partial charge is 0.254 e. The Morgan fingerprint density at radius 2 is 1.63 bits per heavy atom. The normalized spacial score (nSPS) is 23.5. The van der Waals surface area contributed by atoms with E-state index in [1.165, 1.54) is 5.56 Å². The largest absolute Gasteiger partial charge is 0.393 e. The van der Waals surface area contributed by atoms with E-state index in [0.29, 0.717) is 6.04 Å². The van der Waals surface area contributed by atoms with Crippen LogP contribution in [0.25, 0.3) is 0 Å². The summed E-state index contributed by atoms with van der Waals surface area (Å²) < 4.78 is 0. The quantitative estimate of drug-likeness (QED) is 0.835. The summed E-state index contributed by atoms with van der Waals surface area (Å²) in [4.78, 5) is 18.2. The molecular weight excluding hydrogens is 372 g/mol. The van der Waals surface area contributed by atoms with Gasteiger partial charge in [-0.15, -0.1) is 0 Å². The Balaban J connectivity index is 1.54. The van der Waals surface area contributed by atoms with Crippen molar-refractivity contribution < 1.29 is 9.90 Å². The molecule has 0 aromatic heterocycles. The van der Waals surface area contributed by atoms with Gasteiger partial charge in [0.25, 0.3) is 5.91 Å². The van der Waals surface area contributed by atoms with Crippen LogP contribution in [0.15, 0.2) is 48.5 Å². The van der Waals surface area contributed by atoms with Crippen LogP contribution in [0.4, 0.5) is 0 Å². The highest BCUT2D eigenvalue weighted by Crippen LogP contribution is 2.28. The van der Waals surface area contributed by atoms with E-state index in [0.717, 1.165) is 68.4 Å². The van der Waals surface area contributed by atoms with Crippen molar-refractivity contribution in [2.45, 2.75) is 64.1 Å². The predicted molar refractivity (Wildman–Crippen MR) is 121 cm³/mol. The van der Waals surface area contributed by atoms with Crippen molar-refractivity contribution in [3.8, 4) is 0 Å². The molecule has 160 valence electrons. The van der Waals surface area contributed by atoms with Gasteiger partial charge >= 0.3 is 0 Å². The van der Waals surface area contributed by atoms with Gasteiger partial charge in [0.15, 0.2) is 0 Å². The highest BCUT2D eigenvalue weighted by molar-refractivity contribution is 5.95. The minimum absolute atomic E-state index is 0.146. The van der Waals surface area contributed by atoms with Crippen LogP contribution in [0.3, 0.4) is 0 Å². The molecule has 1 amide bonds. The fourth-order valence-electron chi connectivity index (χ4n) is 5.22. The number of benzene rings is 2. The minimum Gasteiger partial charge on any atom is -0.393 e. The topological polar surface area (TPSA) is 43.8 Å². The van der Waals surface area contributed by atoms with Crippen LogP contribution in [0, 0.1) is 13.8 Å². The number of aryl methyl sites for hydroxylation is 2. The number of piperidine rings is 2. The lowest BCUT2D eigenvalue weighted by atomic mass is 9.89. The van der Waals surface area contributed by atoms with E-state index in [1.54, 1.807) is 0 Å². The molecule has 2 aliphatic heterocycles. The van der Waals surface area contributed by atoms with Gasteiger partial charge in [-0.2, -0.15) is 0 Å². The Morgan fingerprint density at radius 3 is 2.30 bits per heavy atom. The molecule has 30 heavy (non-hydrogen) atoms. The van der Waals surface area contributed by atoms with Crippen molar-refractivity contribution in [3.05, 3.63) is 70.8 Å². The molecule has 2 saturated heterocycles. The molecule has 4 heteroatoms. The Kier molecular flexibility index (Phi) is 6.55. The van der Waals surface area contributed by atoms with Crippen molar-refractivity contribution in [2.24, 2.45) is 0 Å². The fraction of sp³-hybridized carbons (Fsp3) is 0.500. The number of aliphatic hydroxyl groups is 1. The summed E-state index contributed by atoms with van der Waals surface area (Å²) in [5.74, 6) is 0.162. The van der Waals surface area contributed by atoms with Gasteiger partial charge in [-0.1, -0.05) is 47.5 Å². The second-order valence-corrected chi connectivity index (χ2v) is 9.16. The molecule has 1 N–H and O–H groups in total. The molecule has 0 bridgehead atoms. The lowest BCUT2D eigenvalue weighted by Gasteiger charge is -2.45. The SMILES string of the molecule is Cc1cc(C)cc(C(=O)N2CC[C@@H](N3CCC(O)CC3)C[C@H]2Cc2ccccc2)c1. The summed E-state index contributed by atoms with van der Waals surface area (Å²) in [6, 6.07) is 17.4. The predicted octanol–water partition coefficient (Wildman–Crippen LogP) is 3.98. The van der Waals surface area contributed by atoms with Gasteiger partial charge in [0, 0.05) is 37.3 Å². The highest BCUT2D eigenvalue weighted by Gasteiger charge is 2.35. The van der Waals surface area contributed by atoms with Gasteiger partial charge in [-0.3, -0.25) is 4.79 Å². The fourth-order valence-corrected chi connectivity index (χ4v) is 5.22. The molecule has 2 aromatic carbocycles. The summed E-state index contributed by atoms with van der Waals surface area (Å²) in [5.41, 5.74) is 4.37. The monoisotopic (exact) mass is 406 g/mol. The third-order valence-corrected chi connectivity index (χ3v) is 6.75. The number of nitrogens with zero attached hydrogens (tertiary/aromatic N) is 2. The molecule has 0 spiro atoms. The van der Waals surface area contributed by atoms with Crippen molar-refractivity contribution in [1.82, 2.24) is 9.80 Å². The third-order valence-electron chi connectivity index (χ3n) is 6.75.